The number of amides is 1. The molecule has 2 N–H and O–H groups in total. The van der Waals surface area contributed by atoms with Gasteiger partial charge in [0.15, 0.2) is 5.65 Å². The fraction of sp³-hybridized carbons (Fsp3) is 0. The van der Waals surface area contributed by atoms with Gasteiger partial charge in [0.05, 0.1) is 16.1 Å². The van der Waals surface area contributed by atoms with Crippen molar-refractivity contribution < 1.29 is 10.0 Å². The number of nitrogens with zero attached hydrogens (tertiary/aromatic N) is 4. The van der Waals surface area contributed by atoms with E-state index in [1.54, 1.807) is 17.6 Å². The summed E-state index contributed by atoms with van der Waals surface area (Å²) in [7, 11) is 0. The summed E-state index contributed by atoms with van der Waals surface area (Å²) < 4.78 is 1.32. The highest BCUT2D eigenvalue weighted by Crippen LogP contribution is 2.29. The predicted molar refractivity (Wildman–Crippen MR) is 67.6 cm³/mol. The van der Waals surface area contributed by atoms with Crippen molar-refractivity contribution in [2.75, 3.05) is 0 Å². The molecule has 0 aliphatic carbocycles. The van der Waals surface area contributed by atoms with E-state index in [1.165, 1.54) is 10.6 Å². The van der Waals surface area contributed by atoms with E-state index in [-0.39, 0.29) is 11.2 Å². The Balaban J connectivity index is 2.51. The van der Waals surface area contributed by atoms with Crippen molar-refractivity contribution in [2.24, 2.45) is 0 Å². The minimum absolute atomic E-state index is 0.110. The minimum Gasteiger partial charge on any atom is -0.288 e. The summed E-state index contributed by atoms with van der Waals surface area (Å²) in [6, 6.07) is 4.68. The molecular weight excluding hydrogens is 293 g/mol. The van der Waals surface area contributed by atoms with Crippen LogP contribution in [0.25, 0.3) is 16.6 Å². The lowest BCUT2D eigenvalue weighted by atomic mass is 10.1. The number of rotatable bonds is 1. The third kappa shape index (κ3) is 1.79. The fourth-order valence-corrected chi connectivity index (χ4v) is 2.46. The van der Waals surface area contributed by atoms with E-state index in [4.69, 9.17) is 28.4 Å². The van der Waals surface area contributed by atoms with Crippen molar-refractivity contribution in [1.29, 1.82) is 0 Å². The van der Waals surface area contributed by atoms with Gasteiger partial charge in [-0.3, -0.25) is 10.0 Å². The molecule has 9 heteroatoms. The van der Waals surface area contributed by atoms with E-state index in [0.29, 0.717) is 20.9 Å². The lowest BCUT2D eigenvalue weighted by Crippen LogP contribution is -2.19. The molecule has 3 rings (SSSR count). The molecule has 0 spiro atoms. The number of aromatic nitrogens is 4. The van der Waals surface area contributed by atoms with Crippen LogP contribution in [0.3, 0.4) is 0 Å². The second-order valence-corrected chi connectivity index (χ2v) is 4.58. The van der Waals surface area contributed by atoms with E-state index in [9.17, 15) is 4.79 Å². The third-order valence-electron chi connectivity index (χ3n) is 2.63. The summed E-state index contributed by atoms with van der Waals surface area (Å²) in [5.41, 5.74) is 2.36. The van der Waals surface area contributed by atoms with Crippen LogP contribution < -0.4 is 5.48 Å². The molecule has 0 unspecified atom stereocenters. The lowest BCUT2D eigenvalue weighted by Gasteiger charge is -2.06. The first-order valence-corrected chi connectivity index (χ1v) is 5.81. The van der Waals surface area contributed by atoms with Crippen molar-refractivity contribution in [3.63, 3.8) is 0 Å². The number of halogens is 2. The van der Waals surface area contributed by atoms with Crippen LogP contribution >= 0.6 is 23.2 Å². The number of hydrogen-bond acceptors (Lipinski definition) is 5. The summed E-state index contributed by atoms with van der Waals surface area (Å²) in [6.07, 6.45) is 0. The largest absolute Gasteiger partial charge is 0.288 e. The molecule has 0 aliphatic rings. The van der Waals surface area contributed by atoms with Gasteiger partial charge in [0.2, 0.25) is 0 Å². The van der Waals surface area contributed by atoms with E-state index >= 15 is 0 Å². The molecule has 0 atom stereocenters. The molecular formula is C10H5Cl2N5O2. The highest BCUT2D eigenvalue weighted by atomic mass is 35.5. The van der Waals surface area contributed by atoms with Gasteiger partial charge in [0.1, 0.15) is 0 Å². The monoisotopic (exact) mass is 297 g/mol. The van der Waals surface area contributed by atoms with E-state index in [1.807, 2.05) is 0 Å². The Hall–Kier alpha value is -1.96. The molecule has 19 heavy (non-hydrogen) atoms. The van der Waals surface area contributed by atoms with Crippen molar-refractivity contribution in [1.82, 2.24) is 25.5 Å². The van der Waals surface area contributed by atoms with Crippen molar-refractivity contribution in [3.05, 3.63) is 33.8 Å². The average Bonchev–Trinajstić information content (AvgIpc) is 2.84. The highest BCUT2D eigenvalue weighted by molar-refractivity contribution is 6.38. The molecule has 2 aromatic heterocycles. The molecule has 0 saturated heterocycles. The van der Waals surface area contributed by atoms with Crippen LogP contribution in [0, 0.1) is 0 Å². The smallest absolute Gasteiger partial charge is 0.278 e. The van der Waals surface area contributed by atoms with Crippen LogP contribution in [0.2, 0.25) is 10.0 Å². The maximum atomic E-state index is 11.6. The Morgan fingerprint density at radius 3 is 2.84 bits per heavy atom. The first-order chi connectivity index (χ1) is 9.11. The number of fused-ring (bicyclic) bond motifs is 3. The second kappa shape index (κ2) is 4.30. The van der Waals surface area contributed by atoms with Crippen LogP contribution in [0.15, 0.2) is 18.2 Å². The number of nitrogens with one attached hydrogen (secondary N) is 1. The van der Waals surface area contributed by atoms with Crippen molar-refractivity contribution >= 4 is 45.7 Å². The molecule has 7 nitrogen and oxygen atoms in total. The zero-order valence-corrected chi connectivity index (χ0v) is 10.6. The van der Waals surface area contributed by atoms with Crippen molar-refractivity contribution in [2.45, 2.75) is 0 Å². The van der Waals surface area contributed by atoms with Gasteiger partial charge >= 0.3 is 0 Å². The quantitative estimate of drug-likeness (QED) is 0.527. The molecule has 0 fully saturated rings. The van der Waals surface area contributed by atoms with Gasteiger partial charge in [-0.15, -0.1) is 5.10 Å². The highest BCUT2D eigenvalue weighted by Gasteiger charge is 2.17. The fourth-order valence-electron chi connectivity index (χ4n) is 1.87. The Morgan fingerprint density at radius 1 is 1.32 bits per heavy atom. The van der Waals surface area contributed by atoms with Gasteiger partial charge in [-0.05, 0) is 28.6 Å². The van der Waals surface area contributed by atoms with Crippen LogP contribution in [-0.2, 0) is 0 Å². The summed E-state index contributed by atoms with van der Waals surface area (Å²) >= 11 is 12.0. The number of pyridine rings is 1. The number of hydroxylamine groups is 1. The molecule has 0 saturated carbocycles. The number of benzene rings is 1. The van der Waals surface area contributed by atoms with Gasteiger partial charge in [-0.25, -0.2) is 5.48 Å². The summed E-state index contributed by atoms with van der Waals surface area (Å²) in [4.78, 5) is 11.6. The number of carbonyl (C=O) groups excluding carboxylic acids is 1. The van der Waals surface area contributed by atoms with Crippen LogP contribution in [0.5, 0.6) is 0 Å². The van der Waals surface area contributed by atoms with E-state index < -0.39 is 5.91 Å². The second-order valence-electron chi connectivity index (χ2n) is 3.74. The third-order valence-corrected chi connectivity index (χ3v) is 3.13. The normalized spacial score (nSPS) is 11.1. The van der Waals surface area contributed by atoms with Gasteiger partial charge in [0, 0.05) is 10.4 Å². The Bertz CT molecular complexity index is 816. The van der Waals surface area contributed by atoms with E-state index in [2.05, 4.69) is 15.5 Å². The number of hydrogen-bond donors (Lipinski definition) is 2. The Morgan fingerprint density at radius 2 is 2.11 bits per heavy atom. The minimum atomic E-state index is -0.724. The summed E-state index contributed by atoms with van der Waals surface area (Å²) in [5.74, 6) is -0.724. The summed E-state index contributed by atoms with van der Waals surface area (Å²) in [5, 5.41) is 21.1. The van der Waals surface area contributed by atoms with Gasteiger partial charge in [0.25, 0.3) is 5.91 Å². The molecule has 1 aromatic carbocycles. The maximum Gasteiger partial charge on any atom is 0.278 e. The Kier molecular flexibility index (Phi) is 2.74. The molecule has 3 aromatic rings. The standard InChI is InChI=1S/C10H5Cl2N5O2/c11-5-1-4-2-6(10(18)14-19)9-13-15-16-17(9)8(4)7(12)3-5/h1-3,19H,(H,14,18). The lowest BCUT2D eigenvalue weighted by molar-refractivity contribution is 0.0707. The molecule has 2 heterocycles. The van der Waals surface area contributed by atoms with Gasteiger partial charge in [-0.1, -0.05) is 23.2 Å². The molecule has 0 aliphatic heterocycles. The Labute approximate surface area is 115 Å². The van der Waals surface area contributed by atoms with Crippen LogP contribution in [0.1, 0.15) is 10.4 Å². The number of carbonyl (C=O) groups is 1. The molecule has 0 radical (unpaired) electrons. The first-order valence-electron chi connectivity index (χ1n) is 5.06. The average molecular weight is 298 g/mol. The first kappa shape index (κ1) is 12.1. The zero-order valence-electron chi connectivity index (χ0n) is 9.13. The van der Waals surface area contributed by atoms with Crippen LogP contribution in [-0.4, -0.2) is 31.2 Å². The van der Waals surface area contributed by atoms with Crippen molar-refractivity contribution in [3.8, 4) is 0 Å². The SMILES string of the molecule is O=C(NO)c1cc2cc(Cl)cc(Cl)c2n2nnnc12. The van der Waals surface area contributed by atoms with E-state index in [0.717, 1.165) is 0 Å². The number of tetrazole rings is 1. The van der Waals surface area contributed by atoms with Gasteiger partial charge in [-0.2, -0.15) is 4.52 Å². The molecule has 96 valence electrons. The van der Waals surface area contributed by atoms with Crippen LogP contribution in [0.4, 0.5) is 0 Å². The predicted octanol–water partition coefficient (Wildman–Crippen LogP) is 1.70. The molecule has 0 bridgehead atoms. The maximum absolute atomic E-state index is 11.6. The summed E-state index contributed by atoms with van der Waals surface area (Å²) in [6.45, 7) is 0. The zero-order chi connectivity index (χ0) is 13.6. The van der Waals surface area contributed by atoms with Gasteiger partial charge < -0.3 is 0 Å². The molecule has 1 amide bonds. The topological polar surface area (TPSA) is 92.4 Å².